The molecule has 1 unspecified atom stereocenters. The molecule has 0 spiro atoms. The van der Waals surface area contributed by atoms with Crippen LogP contribution in [0.3, 0.4) is 0 Å². The first-order valence-electron chi connectivity index (χ1n) is 5.51. The molecule has 1 aromatic carbocycles. The third-order valence-corrected chi connectivity index (χ3v) is 2.48. The molecule has 0 aliphatic heterocycles. The Morgan fingerprint density at radius 1 is 1.27 bits per heavy atom. The SMILES string of the molecule is C=C(C)C(NCC)c1cc(C)cc(C)c1. The van der Waals surface area contributed by atoms with Crippen molar-refractivity contribution in [3.63, 3.8) is 0 Å². The van der Waals surface area contributed by atoms with E-state index in [1.807, 2.05) is 0 Å². The maximum atomic E-state index is 4.05. The minimum Gasteiger partial charge on any atom is -0.307 e. The third kappa shape index (κ3) is 3.21. The van der Waals surface area contributed by atoms with Gasteiger partial charge >= 0.3 is 0 Å². The fraction of sp³-hybridized carbons (Fsp3) is 0.429. The Balaban J connectivity index is 3.05. The topological polar surface area (TPSA) is 12.0 Å². The molecular weight excluding hydrogens is 182 g/mol. The molecule has 1 heteroatoms. The molecule has 0 saturated carbocycles. The largest absolute Gasteiger partial charge is 0.307 e. The fourth-order valence-corrected chi connectivity index (χ4v) is 1.96. The van der Waals surface area contributed by atoms with E-state index in [0.29, 0.717) is 0 Å². The lowest BCUT2D eigenvalue weighted by Crippen LogP contribution is -2.21. The van der Waals surface area contributed by atoms with Crippen LogP contribution in [0.25, 0.3) is 0 Å². The van der Waals surface area contributed by atoms with Gasteiger partial charge in [0.2, 0.25) is 0 Å². The molecule has 1 atom stereocenters. The summed E-state index contributed by atoms with van der Waals surface area (Å²) in [6.07, 6.45) is 0. The standard InChI is InChI=1S/C14H21N/c1-6-15-14(10(2)3)13-8-11(4)7-12(5)9-13/h7-9,14-15H,2,6H2,1,3-5H3. The lowest BCUT2D eigenvalue weighted by Gasteiger charge is -2.19. The summed E-state index contributed by atoms with van der Waals surface area (Å²) < 4.78 is 0. The second kappa shape index (κ2) is 5.13. The monoisotopic (exact) mass is 203 g/mol. The van der Waals surface area contributed by atoms with Crippen LogP contribution >= 0.6 is 0 Å². The third-order valence-electron chi connectivity index (χ3n) is 2.48. The molecule has 0 saturated heterocycles. The van der Waals surface area contributed by atoms with Gasteiger partial charge in [-0.2, -0.15) is 0 Å². The fourth-order valence-electron chi connectivity index (χ4n) is 1.96. The highest BCUT2D eigenvalue weighted by Crippen LogP contribution is 2.22. The van der Waals surface area contributed by atoms with Crippen molar-refractivity contribution in [3.8, 4) is 0 Å². The van der Waals surface area contributed by atoms with Gasteiger partial charge in [0.15, 0.2) is 0 Å². The minimum atomic E-state index is 0.286. The van der Waals surface area contributed by atoms with E-state index in [1.165, 1.54) is 22.3 Å². The number of likely N-dealkylation sites (N-methyl/N-ethyl adjacent to an activating group) is 1. The van der Waals surface area contributed by atoms with E-state index in [2.05, 4.69) is 57.8 Å². The normalized spacial score (nSPS) is 12.5. The number of benzene rings is 1. The van der Waals surface area contributed by atoms with Crippen LogP contribution in [0.4, 0.5) is 0 Å². The van der Waals surface area contributed by atoms with E-state index < -0.39 is 0 Å². The summed E-state index contributed by atoms with van der Waals surface area (Å²) >= 11 is 0. The molecular formula is C14H21N. The van der Waals surface area contributed by atoms with Crippen molar-refractivity contribution in [1.82, 2.24) is 5.32 Å². The molecule has 0 fully saturated rings. The van der Waals surface area contributed by atoms with Crippen molar-refractivity contribution in [3.05, 3.63) is 47.0 Å². The molecule has 1 nitrogen and oxygen atoms in total. The van der Waals surface area contributed by atoms with Gasteiger partial charge < -0.3 is 5.32 Å². The number of hydrogen-bond acceptors (Lipinski definition) is 1. The zero-order valence-corrected chi connectivity index (χ0v) is 10.2. The van der Waals surface area contributed by atoms with Crippen molar-refractivity contribution < 1.29 is 0 Å². The van der Waals surface area contributed by atoms with E-state index in [-0.39, 0.29) is 6.04 Å². The average molecular weight is 203 g/mol. The Kier molecular flexibility index (Phi) is 4.10. The number of nitrogens with one attached hydrogen (secondary N) is 1. The first-order chi connectivity index (χ1) is 7.04. The highest BCUT2D eigenvalue weighted by molar-refractivity contribution is 5.34. The Morgan fingerprint density at radius 3 is 2.20 bits per heavy atom. The van der Waals surface area contributed by atoms with Gasteiger partial charge in [0.25, 0.3) is 0 Å². The van der Waals surface area contributed by atoms with Crippen LogP contribution in [0.2, 0.25) is 0 Å². The summed E-state index contributed by atoms with van der Waals surface area (Å²) in [7, 11) is 0. The van der Waals surface area contributed by atoms with Crippen molar-refractivity contribution in [2.45, 2.75) is 33.7 Å². The highest BCUT2D eigenvalue weighted by Gasteiger charge is 2.10. The van der Waals surface area contributed by atoms with E-state index >= 15 is 0 Å². The maximum Gasteiger partial charge on any atom is 0.0530 e. The molecule has 82 valence electrons. The van der Waals surface area contributed by atoms with Gasteiger partial charge in [-0.1, -0.05) is 48.4 Å². The summed E-state index contributed by atoms with van der Waals surface area (Å²) in [6, 6.07) is 6.95. The highest BCUT2D eigenvalue weighted by atomic mass is 14.9. The van der Waals surface area contributed by atoms with Crippen molar-refractivity contribution >= 4 is 0 Å². The van der Waals surface area contributed by atoms with Crippen LogP contribution in [0, 0.1) is 13.8 Å². The molecule has 0 aromatic heterocycles. The minimum absolute atomic E-state index is 0.286. The van der Waals surface area contributed by atoms with Crippen LogP contribution in [0.1, 0.15) is 36.6 Å². The first kappa shape index (κ1) is 12.0. The second-order valence-corrected chi connectivity index (χ2v) is 4.26. The quantitative estimate of drug-likeness (QED) is 0.738. The van der Waals surface area contributed by atoms with Crippen LogP contribution in [-0.4, -0.2) is 6.54 Å². The van der Waals surface area contributed by atoms with E-state index in [9.17, 15) is 0 Å². The first-order valence-corrected chi connectivity index (χ1v) is 5.51. The Labute approximate surface area is 93.2 Å². The number of aryl methyl sites for hydroxylation is 2. The van der Waals surface area contributed by atoms with E-state index in [0.717, 1.165) is 6.54 Å². The summed E-state index contributed by atoms with van der Waals surface area (Å²) in [5.41, 5.74) is 5.12. The predicted octanol–water partition coefficient (Wildman–Crippen LogP) is 3.53. The summed E-state index contributed by atoms with van der Waals surface area (Å²) in [4.78, 5) is 0. The van der Waals surface area contributed by atoms with E-state index in [4.69, 9.17) is 0 Å². The molecule has 1 N–H and O–H groups in total. The Bertz CT molecular complexity index is 332. The van der Waals surface area contributed by atoms with Crippen molar-refractivity contribution in [1.29, 1.82) is 0 Å². The molecule has 1 rings (SSSR count). The molecule has 0 aliphatic rings. The Hall–Kier alpha value is -1.08. The van der Waals surface area contributed by atoms with Crippen LogP contribution in [0.5, 0.6) is 0 Å². The van der Waals surface area contributed by atoms with Gasteiger partial charge in [-0.25, -0.2) is 0 Å². The summed E-state index contributed by atoms with van der Waals surface area (Å²) in [5, 5.41) is 3.45. The van der Waals surface area contributed by atoms with Crippen LogP contribution in [-0.2, 0) is 0 Å². The molecule has 0 radical (unpaired) electrons. The Morgan fingerprint density at radius 2 is 1.80 bits per heavy atom. The summed E-state index contributed by atoms with van der Waals surface area (Å²) in [6.45, 7) is 13.5. The smallest absolute Gasteiger partial charge is 0.0530 e. The second-order valence-electron chi connectivity index (χ2n) is 4.26. The molecule has 1 aromatic rings. The lowest BCUT2D eigenvalue weighted by molar-refractivity contribution is 0.621. The molecule has 0 heterocycles. The summed E-state index contributed by atoms with van der Waals surface area (Å²) in [5.74, 6) is 0. The zero-order valence-electron chi connectivity index (χ0n) is 10.2. The predicted molar refractivity (Wildman–Crippen MR) is 67.1 cm³/mol. The van der Waals surface area contributed by atoms with Gasteiger partial charge in [0.05, 0.1) is 6.04 Å². The molecule has 15 heavy (non-hydrogen) atoms. The van der Waals surface area contributed by atoms with Gasteiger partial charge in [0, 0.05) is 0 Å². The van der Waals surface area contributed by atoms with Gasteiger partial charge in [-0.3, -0.25) is 0 Å². The van der Waals surface area contributed by atoms with Crippen LogP contribution < -0.4 is 5.32 Å². The van der Waals surface area contributed by atoms with Gasteiger partial charge in [-0.05, 0) is 32.9 Å². The average Bonchev–Trinajstić information content (AvgIpc) is 2.11. The zero-order chi connectivity index (χ0) is 11.4. The van der Waals surface area contributed by atoms with E-state index in [1.54, 1.807) is 0 Å². The molecule has 0 aliphatic carbocycles. The maximum absolute atomic E-state index is 4.05. The lowest BCUT2D eigenvalue weighted by atomic mass is 9.97. The van der Waals surface area contributed by atoms with Crippen molar-refractivity contribution in [2.75, 3.05) is 6.54 Å². The van der Waals surface area contributed by atoms with Gasteiger partial charge in [0.1, 0.15) is 0 Å². The molecule has 0 amide bonds. The van der Waals surface area contributed by atoms with Gasteiger partial charge in [-0.15, -0.1) is 0 Å². The molecule has 0 bridgehead atoms. The number of rotatable bonds is 4. The van der Waals surface area contributed by atoms with Crippen molar-refractivity contribution in [2.24, 2.45) is 0 Å². The number of hydrogen-bond donors (Lipinski definition) is 1. The van der Waals surface area contributed by atoms with Crippen LogP contribution in [0.15, 0.2) is 30.4 Å².